The van der Waals surface area contributed by atoms with Crippen LogP contribution < -0.4 is 0 Å². The van der Waals surface area contributed by atoms with Gasteiger partial charge in [0, 0.05) is 13.6 Å². The number of hydrogen-bond donors (Lipinski definition) is 0. The number of amides is 1. The fourth-order valence-corrected chi connectivity index (χ4v) is 3.35. The number of aryl methyl sites for hydroxylation is 2. The fraction of sp³-hybridized carbons (Fsp3) is 0.263. The summed E-state index contributed by atoms with van der Waals surface area (Å²) in [5.74, 6) is -0.203. The molecule has 6 nitrogen and oxygen atoms in total. The van der Waals surface area contributed by atoms with Crippen LogP contribution in [-0.2, 0) is 11.3 Å². The first-order valence-corrected chi connectivity index (χ1v) is 9.40. The Kier molecular flexibility index (Phi) is 5.85. The summed E-state index contributed by atoms with van der Waals surface area (Å²) >= 11 is 1.27. The molecule has 0 unspecified atom stereocenters. The summed E-state index contributed by atoms with van der Waals surface area (Å²) in [6, 6.07) is 12.2. The lowest BCUT2D eigenvalue weighted by Crippen LogP contribution is -2.28. The highest BCUT2D eigenvalue weighted by molar-refractivity contribution is 7.99. The van der Waals surface area contributed by atoms with Gasteiger partial charge in [-0.15, -0.1) is 5.10 Å². The number of benzene rings is 2. The van der Waals surface area contributed by atoms with E-state index in [4.69, 9.17) is 0 Å². The van der Waals surface area contributed by atoms with E-state index in [0.29, 0.717) is 11.7 Å². The topological polar surface area (TPSA) is 63.9 Å². The van der Waals surface area contributed by atoms with E-state index in [0.717, 1.165) is 16.8 Å². The van der Waals surface area contributed by atoms with Gasteiger partial charge in [0.1, 0.15) is 5.82 Å². The Bertz CT molecular complexity index is 959. The van der Waals surface area contributed by atoms with Crippen LogP contribution in [0.25, 0.3) is 5.69 Å². The van der Waals surface area contributed by atoms with Crippen LogP contribution in [0.15, 0.2) is 47.6 Å². The predicted molar refractivity (Wildman–Crippen MR) is 102 cm³/mol. The molecular weight excluding hydrogens is 365 g/mol. The normalized spacial score (nSPS) is 10.8. The van der Waals surface area contributed by atoms with Crippen molar-refractivity contribution in [3.63, 3.8) is 0 Å². The third-order valence-corrected chi connectivity index (χ3v) is 5.14. The summed E-state index contributed by atoms with van der Waals surface area (Å²) in [4.78, 5) is 14.0. The molecule has 0 N–H and O–H groups in total. The highest BCUT2D eigenvalue weighted by Crippen LogP contribution is 2.20. The highest BCUT2D eigenvalue weighted by atomic mass is 32.2. The Morgan fingerprint density at radius 3 is 2.74 bits per heavy atom. The molecule has 140 valence electrons. The van der Waals surface area contributed by atoms with Crippen molar-refractivity contribution in [3.8, 4) is 5.69 Å². The second kappa shape index (κ2) is 8.30. The van der Waals surface area contributed by atoms with Gasteiger partial charge in [-0.05, 0) is 65.2 Å². The summed E-state index contributed by atoms with van der Waals surface area (Å²) in [5, 5.41) is 12.3. The first kappa shape index (κ1) is 19.0. The fourth-order valence-electron chi connectivity index (χ4n) is 2.52. The minimum absolute atomic E-state index is 0.0844. The second-order valence-corrected chi connectivity index (χ2v) is 7.25. The van der Waals surface area contributed by atoms with Crippen molar-refractivity contribution in [1.29, 1.82) is 0 Å². The number of rotatable bonds is 6. The van der Waals surface area contributed by atoms with Gasteiger partial charge in [0.25, 0.3) is 0 Å². The number of aromatic nitrogens is 4. The molecule has 1 heterocycles. The van der Waals surface area contributed by atoms with Gasteiger partial charge < -0.3 is 4.90 Å². The van der Waals surface area contributed by atoms with Crippen LogP contribution in [0.1, 0.15) is 16.7 Å². The molecule has 27 heavy (non-hydrogen) atoms. The molecule has 3 rings (SSSR count). The average molecular weight is 385 g/mol. The van der Waals surface area contributed by atoms with Crippen LogP contribution in [0.3, 0.4) is 0 Å². The van der Waals surface area contributed by atoms with Crippen molar-refractivity contribution < 1.29 is 9.18 Å². The van der Waals surface area contributed by atoms with Crippen LogP contribution >= 0.6 is 11.8 Å². The van der Waals surface area contributed by atoms with Crippen LogP contribution in [0.2, 0.25) is 0 Å². The molecular formula is C19H20FN5OS. The molecule has 0 saturated heterocycles. The zero-order chi connectivity index (χ0) is 19.4. The third kappa shape index (κ3) is 4.71. The van der Waals surface area contributed by atoms with Crippen molar-refractivity contribution in [2.75, 3.05) is 12.8 Å². The quantitative estimate of drug-likeness (QED) is 0.610. The molecule has 0 aliphatic carbocycles. The van der Waals surface area contributed by atoms with E-state index in [1.807, 2.05) is 32.0 Å². The SMILES string of the molecule is Cc1ccc(-n2nnnc2SCC(=O)N(C)Cc2cccc(F)c2)cc1C. The zero-order valence-electron chi connectivity index (χ0n) is 15.4. The minimum Gasteiger partial charge on any atom is -0.341 e. The molecule has 0 spiro atoms. The maximum Gasteiger partial charge on any atom is 0.233 e. The predicted octanol–water partition coefficient (Wildman–Crippen LogP) is 3.17. The molecule has 1 aromatic heterocycles. The Balaban J connectivity index is 1.64. The smallest absolute Gasteiger partial charge is 0.233 e. The number of hydrogen-bond acceptors (Lipinski definition) is 5. The maximum atomic E-state index is 13.3. The molecule has 0 aliphatic heterocycles. The Labute approximate surface area is 161 Å². The van der Waals surface area contributed by atoms with Crippen molar-refractivity contribution in [3.05, 3.63) is 65.0 Å². The van der Waals surface area contributed by atoms with E-state index in [2.05, 4.69) is 15.5 Å². The van der Waals surface area contributed by atoms with Crippen molar-refractivity contribution in [2.45, 2.75) is 25.5 Å². The molecule has 0 atom stereocenters. The molecule has 2 aromatic carbocycles. The number of carbonyl (C=O) groups is 1. The minimum atomic E-state index is -0.310. The molecule has 0 fully saturated rings. The van der Waals surface area contributed by atoms with Gasteiger partial charge in [-0.2, -0.15) is 4.68 Å². The zero-order valence-corrected chi connectivity index (χ0v) is 16.2. The lowest BCUT2D eigenvalue weighted by molar-refractivity contribution is -0.127. The average Bonchev–Trinajstić information content (AvgIpc) is 3.10. The molecule has 0 bridgehead atoms. The number of halogens is 1. The van der Waals surface area contributed by atoms with Gasteiger partial charge in [-0.3, -0.25) is 4.79 Å². The Hall–Kier alpha value is -2.74. The standard InChI is InChI=1S/C19H20FN5OS/c1-13-7-8-17(9-14(13)2)25-19(21-22-23-25)27-12-18(26)24(3)11-15-5-4-6-16(20)10-15/h4-10H,11-12H2,1-3H3. The van der Waals surface area contributed by atoms with E-state index in [9.17, 15) is 9.18 Å². The maximum absolute atomic E-state index is 13.3. The number of nitrogens with zero attached hydrogens (tertiary/aromatic N) is 5. The largest absolute Gasteiger partial charge is 0.341 e. The highest BCUT2D eigenvalue weighted by Gasteiger charge is 2.15. The van der Waals surface area contributed by atoms with Gasteiger partial charge in [-0.1, -0.05) is 30.0 Å². The van der Waals surface area contributed by atoms with Crippen LogP contribution in [0.5, 0.6) is 0 Å². The molecule has 1 amide bonds. The number of thioether (sulfide) groups is 1. The van der Waals surface area contributed by atoms with E-state index < -0.39 is 0 Å². The summed E-state index contributed by atoms with van der Waals surface area (Å²) < 4.78 is 14.9. The van der Waals surface area contributed by atoms with E-state index >= 15 is 0 Å². The number of carbonyl (C=O) groups excluding carboxylic acids is 1. The van der Waals surface area contributed by atoms with Crippen LogP contribution in [0.4, 0.5) is 4.39 Å². The van der Waals surface area contributed by atoms with Crippen molar-refractivity contribution in [2.24, 2.45) is 0 Å². The molecule has 0 aliphatic rings. The first-order valence-electron chi connectivity index (χ1n) is 8.41. The van der Waals surface area contributed by atoms with Gasteiger partial charge in [0.05, 0.1) is 11.4 Å². The van der Waals surface area contributed by atoms with Crippen molar-refractivity contribution in [1.82, 2.24) is 25.1 Å². The Morgan fingerprint density at radius 1 is 1.19 bits per heavy atom. The lowest BCUT2D eigenvalue weighted by Gasteiger charge is -2.17. The molecule has 0 saturated carbocycles. The van der Waals surface area contributed by atoms with Crippen LogP contribution in [0, 0.1) is 19.7 Å². The van der Waals surface area contributed by atoms with Gasteiger partial charge in [-0.25, -0.2) is 4.39 Å². The molecule has 0 radical (unpaired) electrons. The molecule has 8 heteroatoms. The summed E-state index contributed by atoms with van der Waals surface area (Å²) in [5.41, 5.74) is 3.93. The summed E-state index contributed by atoms with van der Waals surface area (Å²) in [7, 11) is 1.69. The van der Waals surface area contributed by atoms with Gasteiger partial charge in [0.15, 0.2) is 0 Å². The first-order chi connectivity index (χ1) is 12.9. The van der Waals surface area contributed by atoms with E-state index in [1.54, 1.807) is 28.8 Å². The van der Waals surface area contributed by atoms with Gasteiger partial charge >= 0.3 is 0 Å². The Morgan fingerprint density at radius 2 is 2.00 bits per heavy atom. The number of tetrazole rings is 1. The van der Waals surface area contributed by atoms with Gasteiger partial charge in [0.2, 0.25) is 11.1 Å². The monoisotopic (exact) mass is 385 g/mol. The van der Waals surface area contributed by atoms with Crippen molar-refractivity contribution >= 4 is 17.7 Å². The summed E-state index contributed by atoms with van der Waals surface area (Å²) in [6.07, 6.45) is 0. The van der Waals surface area contributed by atoms with E-state index in [1.165, 1.54) is 29.5 Å². The lowest BCUT2D eigenvalue weighted by atomic mass is 10.1. The van der Waals surface area contributed by atoms with Crippen LogP contribution in [-0.4, -0.2) is 43.8 Å². The third-order valence-electron chi connectivity index (χ3n) is 4.24. The second-order valence-electron chi connectivity index (χ2n) is 6.31. The van der Waals surface area contributed by atoms with E-state index in [-0.39, 0.29) is 17.5 Å². The molecule has 3 aromatic rings. The summed E-state index contributed by atoms with van der Waals surface area (Å²) in [6.45, 7) is 4.42.